The number of esters is 1. The highest BCUT2D eigenvalue weighted by Crippen LogP contribution is 2.20. The highest BCUT2D eigenvalue weighted by molar-refractivity contribution is 7.95. The second-order valence-electron chi connectivity index (χ2n) is 3.48. The Morgan fingerprint density at radius 1 is 1.40 bits per heavy atom. The van der Waals surface area contributed by atoms with Gasteiger partial charge in [-0.2, -0.15) is 0 Å². The second-order valence-corrected chi connectivity index (χ2v) is 4.24. The van der Waals surface area contributed by atoms with Gasteiger partial charge >= 0.3 is 5.97 Å². The molecule has 15 heavy (non-hydrogen) atoms. The van der Waals surface area contributed by atoms with Gasteiger partial charge in [0.15, 0.2) is 0 Å². The van der Waals surface area contributed by atoms with Gasteiger partial charge in [-0.3, -0.25) is 4.79 Å². The summed E-state index contributed by atoms with van der Waals surface area (Å²) in [4.78, 5) is 11.3. The fraction of sp³-hybridized carbons (Fsp3) is 0.727. The molecular weight excluding hydrogens is 212 g/mol. The Balaban J connectivity index is 2.04. The van der Waals surface area contributed by atoms with E-state index in [0.29, 0.717) is 0 Å². The predicted molar refractivity (Wildman–Crippen MR) is 60.2 cm³/mol. The summed E-state index contributed by atoms with van der Waals surface area (Å²) in [6.45, 7) is 0.224. The molecule has 0 aromatic carbocycles. The van der Waals surface area contributed by atoms with Crippen molar-refractivity contribution in [2.24, 2.45) is 0 Å². The average Bonchev–Trinajstić information content (AvgIpc) is 2.26. The van der Waals surface area contributed by atoms with Gasteiger partial charge in [0.2, 0.25) is 0 Å². The van der Waals surface area contributed by atoms with Gasteiger partial charge in [0, 0.05) is 12.0 Å². The smallest absolute Gasteiger partial charge is 0.318 e. The average molecular weight is 228 g/mol. The van der Waals surface area contributed by atoms with Crippen LogP contribution in [0, 0.1) is 12.3 Å². The van der Waals surface area contributed by atoms with Gasteiger partial charge in [-0.05, 0) is 25.7 Å². The van der Waals surface area contributed by atoms with Crippen molar-refractivity contribution in [2.75, 3.05) is 12.4 Å². The molecular formula is C11H16O3S. The van der Waals surface area contributed by atoms with Crippen LogP contribution in [0.3, 0.4) is 0 Å². The van der Waals surface area contributed by atoms with Crippen molar-refractivity contribution in [1.29, 1.82) is 0 Å². The monoisotopic (exact) mass is 228 g/mol. The molecule has 0 saturated heterocycles. The van der Waals surface area contributed by atoms with Crippen LogP contribution in [0.2, 0.25) is 0 Å². The van der Waals surface area contributed by atoms with Crippen LogP contribution < -0.4 is 0 Å². The van der Waals surface area contributed by atoms with Crippen LogP contribution >= 0.6 is 12.0 Å². The Morgan fingerprint density at radius 2 is 2.13 bits per heavy atom. The van der Waals surface area contributed by atoms with Crippen molar-refractivity contribution in [2.45, 2.75) is 38.2 Å². The minimum atomic E-state index is -0.205. The molecule has 0 spiro atoms. The van der Waals surface area contributed by atoms with E-state index in [1.165, 1.54) is 19.3 Å². The molecule has 84 valence electrons. The summed E-state index contributed by atoms with van der Waals surface area (Å²) in [5, 5.41) is 0. The van der Waals surface area contributed by atoms with Gasteiger partial charge in [0.25, 0.3) is 0 Å². The molecule has 0 bridgehead atoms. The molecule has 0 heterocycles. The number of ether oxygens (including phenoxy) is 1. The first-order chi connectivity index (χ1) is 7.33. The molecule has 0 amide bonds. The number of carbonyl (C=O) groups is 1. The van der Waals surface area contributed by atoms with Crippen LogP contribution in [0.4, 0.5) is 0 Å². The summed E-state index contributed by atoms with van der Waals surface area (Å²) in [6, 6.07) is 0. The van der Waals surface area contributed by atoms with E-state index in [1.807, 2.05) is 0 Å². The van der Waals surface area contributed by atoms with E-state index in [0.717, 1.165) is 24.9 Å². The van der Waals surface area contributed by atoms with Gasteiger partial charge in [0.1, 0.15) is 18.5 Å². The summed E-state index contributed by atoms with van der Waals surface area (Å²) in [7, 11) is 0. The van der Waals surface area contributed by atoms with Crippen molar-refractivity contribution >= 4 is 18.0 Å². The van der Waals surface area contributed by atoms with E-state index in [9.17, 15) is 4.79 Å². The van der Waals surface area contributed by atoms with Crippen LogP contribution in [-0.2, 0) is 13.7 Å². The lowest BCUT2D eigenvalue weighted by molar-refractivity contribution is -0.147. The third-order valence-electron chi connectivity index (χ3n) is 2.25. The molecule has 1 saturated carbocycles. The third kappa shape index (κ3) is 5.71. The Kier molecular flexibility index (Phi) is 6.29. The number of hydrogen-bond acceptors (Lipinski definition) is 4. The van der Waals surface area contributed by atoms with E-state index in [-0.39, 0.29) is 24.4 Å². The molecule has 1 rings (SSSR count). The Labute approximate surface area is 95.1 Å². The maximum atomic E-state index is 11.3. The summed E-state index contributed by atoms with van der Waals surface area (Å²) in [5.74, 6) is 2.34. The highest BCUT2D eigenvalue weighted by atomic mass is 32.2. The predicted octanol–water partition coefficient (Wildman–Crippen LogP) is 2.16. The standard InChI is InChI=1S/C11H16O3S/c1-2-8-13-15-9-11(12)14-10-6-4-3-5-7-10/h1,10H,3-9H2. The van der Waals surface area contributed by atoms with Crippen molar-refractivity contribution in [3.8, 4) is 12.3 Å². The molecule has 4 heteroatoms. The van der Waals surface area contributed by atoms with Crippen LogP contribution in [0.15, 0.2) is 0 Å². The normalized spacial score (nSPS) is 17.0. The summed E-state index contributed by atoms with van der Waals surface area (Å²) in [5.41, 5.74) is 0. The molecule has 0 N–H and O–H groups in total. The van der Waals surface area contributed by atoms with Crippen LogP contribution in [-0.4, -0.2) is 24.4 Å². The zero-order chi connectivity index (χ0) is 10.9. The van der Waals surface area contributed by atoms with E-state index in [2.05, 4.69) is 5.92 Å². The maximum Gasteiger partial charge on any atom is 0.318 e. The van der Waals surface area contributed by atoms with Crippen molar-refractivity contribution in [1.82, 2.24) is 0 Å². The van der Waals surface area contributed by atoms with Crippen molar-refractivity contribution < 1.29 is 13.7 Å². The molecule has 0 unspecified atom stereocenters. The first-order valence-corrected chi connectivity index (χ1v) is 6.11. The highest BCUT2D eigenvalue weighted by Gasteiger charge is 2.17. The lowest BCUT2D eigenvalue weighted by atomic mass is 9.98. The van der Waals surface area contributed by atoms with Gasteiger partial charge in [0.05, 0.1) is 0 Å². The minimum Gasteiger partial charge on any atom is -0.462 e. The van der Waals surface area contributed by atoms with Crippen molar-refractivity contribution in [3.05, 3.63) is 0 Å². The lowest BCUT2D eigenvalue weighted by Gasteiger charge is -2.21. The first kappa shape index (κ1) is 12.4. The fourth-order valence-electron chi connectivity index (χ4n) is 1.57. The Hall–Kier alpha value is -0.660. The van der Waals surface area contributed by atoms with E-state index in [1.54, 1.807) is 0 Å². The maximum absolute atomic E-state index is 11.3. The van der Waals surface area contributed by atoms with Gasteiger partial charge in [-0.25, -0.2) is 0 Å². The molecule has 1 aliphatic rings. The second kappa shape index (κ2) is 7.61. The van der Waals surface area contributed by atoms with E-state index >= 15 is 0 Å². The molecule has 0 radical (unpaired) electrons. The Bertz CT molecular complexity index is 228. The minimum absolute atomic E-state index is 0.125. The molecule has 3 nitrogen and oxygen atoms in total. The summed E-state index contributed by atoms with van der Waals surface area (Å²) < 4.78 is 10.2. The zero-order valence-electron chi connectivity index (χ0n) is 8.74. The van der Waals surface area contributed by atoms with Gasteiger partial charge < -0.3 is 8.92 Å². The molecule has 0 aromatic rings. The molecule has 0 aromatic heterocycles. The van der Waals surface area contributed by atoms with E-state index in [4.69, 9.17) is 15.3 Å². The summed E-state index contributed by atoms with van der Waals surface area (Å²) in [6.07, 6.45) is 10.7. The SMILES string of the molecule is C#CCOSCC(=O)OC1CCCCC1. The third-order valence-corrected chi connectivity index (χ3v) is 2.89. The molecule has 1 aliphatic carbocycles. The summed E-state index contributed by atoms with van der Waals surface area (Å²) >= 11 is 1.06. The number of terminal acetylenes is 1. The topological polar surface area (TPSA) is 35.5 Å². The molecule has 1 fully saturated rings. The Morgan fingerprint density at radius 3 is 2.80 bits per heavy atom. The quantitative estimate of drug-likeness (QED) is 0.313. The van der Waals surface area contributed by atoms with Crippen molar-refractivity contribution in [3.63, 3.8) is 0 Å². The molecule has 0 atom stereocenters. The largest absolute Gasteiger partial charge is 0.462 e. The van der Waals surface area contributed by atoms with Crippen LogP contribution in [0.5, 0.6) is 0 Å². The van der Waals surface area contributed by atoms with E-state index < -0.39 is 0 Å². The van der Waals surface area contributed by atoms with Gasteiger partial charge in [-0.15, -0.1) is 6.42 Å². The fourth-order valence-corrected chi connectivity index (χ4v) is 1.97. The van der Waals surface area contributed by atoms with Crippen LogP contribution in [0.25, 0.3) is 0 Å². The lowest BCUT2D eigenvalue weighted by Crippen LogP contribution is -2.22. The van der Waals surface area contributed by atoms with Crippen LogP contribution in [0.1, 0.15) is 32.1 Å². The zero-order valence-corrected chi connectivity index (χ0v) is 9.55. The van der Waals surface area contributed by atoms with Gasteiger partial charge in [-0.1, -0.05) is 12.3 Å². The molecule has 0 aliphatic heterocycles. The number of hydrogen-bond donors (Lipinski definition) is 0. The number of rotatable bonds is 5. The number of carbonyl (C=O) groups excluding carboxylic acids is 1. The first-order valence-electron chi connectivity index (χ1n) is 5.20.